The van der Waals surface area contributed by atoms with E-state index < -0.39 is 39.6 Å². The first-order valence-electron chi connectivity index (χ1n) is 10.9. The molecule has 0 spiro atoms. The van der Waals surface area contributed by atoms with Crippen molar-refractivity contribution in [2.24, 2.45) is 5.92 Å². The van der Waals surface area contributed by atoms with E-state index in [9.17, 15) is 18.8 Å². The second kappa shape index (κ2) is 10.6. The van der Waals surface area contributed by atoms with Gasteiger partial charge in [0.1, 0.15) is 11.9 Å². The summed E-state index contributed by atoms with van der Waals surface area (Å²) in [5.41, 5.74) is 2.39. The van der Waals surface area contributed by atoms with Gasteiger partial charge in [-0.2, -0.15) is 0 Å². The number of hydrogen-bond donors (Lipinski definition) is 3. The van der Waals surface area contributed by atoms with Crippen molar-refractivity contribution < 1.29 is 23.5 Å². The summed E-state index contributed by atoms with van der Waals surface area (Å²) >= 11 is 0. The zero-order chi connectivity index (χ0) is 25.0. The first kappa shape index (κ1) is 25.7. The molecule has 2 aromatic rings. The zero-order valence-electron chi connectivity index (χ0n) is 20.2. The topological polar surface area (TPSA) is 96.5 Å². The molecule has 3 amide bonds. The number of nitrogens with one attached hydrogen (secondary N) is 3. The molecule has 0 unspecified atom stereocenters. The third-order valence-electron chi connectivity index (χ3n) is 5.70. The smallest absolute Gasteiger partial charge is 0.251 e. The number of carbonyl (C=O) groups excluding carboxylic acids is 3. The van der Waals surface area contributed by atoms with Gasteiger partial charge in [-0.15, -0.1) is 0 Å². The molecule has 1 aliphatic heterocycles. The lowest BCUT2D eigenvalue weighted by atomic mass is 10.0. The molecule has 34 heavy (non-hydrogen) atoms. The summed E-state index contributed by atoms with van der Waals surface area (Å²) in [4.78, 5) is 38.6. The van der Waals surface area contributed by atoms with Crippen LogP contribution in [0, 0.1) is 18.7 Å². The van der Waals surface area contributed by atoms with Crippen molar-refractivity contribution in [1.29, 1.82) is 0 Å². The fraction of sp³-hybridized carbons (Fsp3) is 0.400. The molecule has 2 aromatic carbocycles. The Morgan fingerprint density at radius 2 is 1.88 bits per heavy atom. The predicted molar refractivity (Wildman–Crippen MR) is 133 cm³/mol. The number of carbonyl (C=O) groups is 3. The van der Waals surface area contributed by atoms with E-state index in [-0.39, 0.29) is 24.6 Å². The summed E-state index contributed by atoms with van der Waals surface area (Å²) in [5.74, 6) is -2.28. The van der Waals surface area contributed by atoms with Crippen LogP contribution in [0.3, 0.4) is 0 Å². The molecule has 1 aliphatic rings. The Kier molecular flexibility index (Phi) is 7.99. The van der Waals surface area contributed by atoms with Gasteiger partial charge in [0.25, 0.3) is 5.91 Å². The molecule has 1 saturated heterocycles. The largest absolute Gasteiger partial charge is 0.380 e. The number of hydrogen-bond acceptors (Lipinski definition) is 4. The minimum absolute atomic E-state index is 0.0582. The predicted octanol–water partition coefficient (Wildman–Crippen LogP) is 3.27. The number of ether oxygens (including phenoxy) is 1. The highest BCUT2D eigenvalue weighted by molar-refractivity contribution is 8.32. The molecule has 3 N–H and O–H groups in total. The lowest BCUT2D eigenvalue weighted by Crippen LogP contribution is -2.40. The monoisotopic (exact) mass is 489 g/mol. The molecule has 3 rings (SSSR count). The van der Waals surface area contributed by atoms with E-state index in [0.717, 1.165) is 16.0 Å². The van der Waals surface area contributed by atoms with Gasteiger partial charge in [-0.1, -0.05) is 24.3 Å². The van der Waals surface area contributed by atoms with Crippen LogP contribution >= 0.6 is 10.0 Å². The van der Waals surface area contributed by atoms with Gasteiger partial charge < -0.3 is 20.7 Å². The fourth-order valence-electron chi connectivity index (χ4n) is 3.95. The number of methoxy groups -OCH3 is 1. The Hall–Kier alpha value is -2.91. The van der Waals surface area contributed by atoms with E-state index in [0.29, 0.717) is 12.2 Å². The number of aryl methyl sites for hydroxylation is 1. The Bertz CT molecular complexity index is 1080. The first-order chi connectivity index (χ1) is 16.0. The highest BCUT2D eigenvalue weighted by Crippen LogP contribution is 2.47. The molecule has 0 aromatic heterocycles. The van der Waals surface area contributed by atoms with Gasteiger partial charge in [0.15, 0.2) is 0 Å². The van der Waals surface area contributed by atoms with Crippen LogP contribution in [0.2, 0.25) is 0 Å². The summed E-state index contributed by atoms with van der Waals surface area (Å²) < 4.78 is 20.1. The van der Waals surface area contributed by atoms with E-state index in [1.54, 1.807) is 37.4 Å². The summed E-state index contributed by atoms with van der Waals surface area (Å²) in [5, 5.41) is 8.01. The molecule has 7 nitrogen and oxygen atoms in total. The van der Waals surface area contributed by atoms with Gasteiger partial charge in [-0.25, -0.2) is 14.4 Å². The average Bonchev–Trinajstić information content (AvgIpc) is 3.20. The van der Waals surface area contributed by atoms with Gasteiger partial charge in [0.2, 0.25) is 11.8 Å². The standard InChI is InChI=1S/C25H32FN3O4S/c1-15-10-20(19(26)12-21(15)34(3,4)5)28-25(32)23(17-8-6-16(7-9-17)14-33-2)29-24(31)18-11-22(30)27-13-18/h6-10,12,18,23H,11,13-14H2,1-5H3,(H,27,30)(H,28,32)(H,29,31)/t18-,23-/m1/s1. The third-order valence-corrected chi connectivity index (χ3v) is 7.46. The maximum atomic E-state index is 14.9. The molecule has 0 radical (unpaired) electrons. The van der Waals surface area contributed by atoms with E-state index in [4.69, 9.17) is 4.74 Å². The van der Waals surface area contributed by atoms with Crippen LogP contribution < -0.4 is 16.0 Å². The summed E-state index contributed by atoms with van der Waals surface area (Å²) in [6, 6.07) is 9.10. The van der Waals surface area contributed by atoms with Gasteiger partial charge in [-0.3, -0.25) is 14.4 Å². The number of rotatable bonds is 8. The SMILES string of the molecule is COCc1ccc([C@@H](NC(=O)[C@H]2CNC(=O)C2)C(=O)Nc2cc(C)c(S(C)(C)C)cc2F)cc1. The second-order valence-electron chi connectivity index (χ2n) is 9.25. The number of amides is 3. The first-order valence-corrected chi connectivity index (χ1v) is 13.8. The van der Waals surface area contributed by atoms with E-state index in [1.807, 2.05) is 6.92 Å². The van der Waals surface area contributed by atoms with Gasteiger partial charge >= 0.3 is 0 Å². The highest BCUT2D eigenvalue weighted by atomic mass is 32.3. The van der Waals surface area contributed by atoms with Gasteiger partial charge in [-0.05, 0) is 59.4 Å². The highest BCUT2D eigenvalue weighted by Gasteiger charge is 2.32. The number of benzene rings is 2. The van der Waals surface area contributed by atoms with Crippen LogP contribution in [0.25, 0.3) is 0 Å². The van der Waals surface area contributed by atoms with Crippen molar-refractivity contribution in [3.05, 3.63) is 58.9 Å². The molecular weight excluding hydrogens is 457 g/mol. The van der Waals surface area contributed by atoms with Gasteiger partial charge in [0, 0.05) is 20.1 Å². The van der Waals surface area contributed by atoms with E-state index in [2.05, 4.69) is 34.7 Å². The summed E-state index contributed by atoms with van der Waals surface area (Å²) in [6.07, 6.45) is 6.30. The number of anilines is 1. The normalized spacial score (nSPS) is 17.1. The fourth-order valence-corrected chi connectivity index (χ4v) is 5.43. The molecule has 2 atom stereocenters. The van der Waals surface area contributed by atoms with Crippen LogP contribution in [-0.4, -0.2) is 50.1 Å². The minimum atomic E-state index is -1.15. The van der Waals surface area contributed by atoms with Crippen molar-refractivity contribution >= 4 is 33.4 Å². The molecular formula is C25H32FN3O4S. The van der Waals surface area contributed by atoms with Crippen LogP contribution in [0.4, 0.5) is 10.1 Å². The quantitative estimate of drug-likeness (QED) is 0.530. The molecule has 184 valence electrons. The summed E-state index contributed by atoms with van der Waals surface area (Å²) in [7, 11) is 0.435. The Labute approximate surface area is 201 Å². The van der Waals surface area contributed by atoms with Crippen LogP contribution in [0.5, 0.6) is 0 Å². The maximum Gasteiger partial charge on any atom is 0.251 e. The molecule has 0 aliphatic carbocycles. The molecule has 0 saturated carbocycles. The summed E-state index contributed by atoms with van der Waals surface area (Å²) in [6.45, 7) is 2.52. The van der Waals surface area contributed by atoms with Crippen molar-refractivity contribution in [1.82, 2.24) is 10.6 Å². The minimum Gasteiger partial charge on any atom is -0.380 e. The second-order valence-corrected chi connectivity index (χ2v) is 13.4. The Morgan fingerprint density at radius 3 is 2.44 bits per heavy atom. The Morgan fingerprint density at radius 1 is 1.21 bits per heavy atom. The van der Waals surface area contributed by atoms with Crippen LogP contribution in [0.1, 0.15) is 29.2 Å². The molecule has 1 heterocycles. The third kappa shape index (κ3) is 6.15. The zero-order valence-corrected chi connectivity index (χ0v) is 21.0. The lowest BCUT2D eigenvalue weighted by molar-refractivity contribution is -0.129. The van der Waals surface area contributed by atoms with Crippen molar-refractivity contribution in [2.45, 2.75) is 30.9 Å². The van der Waals surface area contributed by atoms with Crippen molar-refractivity contribution in [3.8, 4) is 0 Å². The molecule has 0 bridgehead atoms. The lowest BCUT2D eigenvalue weighted by Gasteiger charge is -2.28. The van der Waals surface area contributed by atoms with E-state index >= 15 is 0 Å². The van der Waals surface area contributed by atoms with Crippen LogP contribution in [-0.2, 0) is 25.7 Å². The average molecular weight is 490 g/mol. The van der Waals surface area contributed by atoms with Gasteiger partial charge in [0.05, 0.1) is 18.2 Å². The van der Waals surface area contributed by atoms with E-state index in [1.165, 1.54) is 6.07 Å². The maximum absolute atomic E-state index is 14.9. The number of halogens is 1. The van der Waals surface area contributed by atoms with Crippen molar-refractivity contribution in [3.63, 3.8) is 0 Å². The van der Waals surface area contributed by atoms with Crippen LogP contribution in [0.15, 0.2) is 41.3 Å². The van der Waals surface area contributed by atoms with Crippen molar-refractivity contribution in [2.75, 3.05) is 37.7 Å². The molecule has 1 fully saturated rings. The molecule has 9 heteroatoms. The Balaban J connectivity index is 1.87.